The van der Waals surface area contributed by atoms with Crippen molar-refractivity contribution < 1.29 is 14.3 Å². The fourth-order valence-corrected chi connectivity index (χ4v) is 4.03. The van der Waals surface area contributed by atoms with Gasteiger partial charge in [-0.2, -0.15) is 0 Å². The Kier molecular flexibility index (Phi) is 7.83. The Morgan fingerprint density at radius 3 is 2.55 bits per heavy atom. The zero-order valence-electron chi connectivity index (χ0n) is 17.9. The van der Waals surface area contributed by atoms with Gasteiger partial charge in [0, 0.05) is 24.2 Å². The van der Waals surface area contributed by atoms with Crippen LogP contribution >= 0.6 is 11.8 Å². The normalized spacial score (nSPS) is 10.7. The molecular weight excluding hydrogens is 412 g/mol. The maximum absolute atomic E-state index is 12.6. The van der Waals surface area contributed by atoms with Gasteiger partial charge >= 0.3 is 0 Å². The highest BCUT2D eigenvalue weighted by Gasteiger charge is 2.17. The third-order valence-corrected chi connectivity index (χ3v) is 5.76. The number of para-hydroxylation sites is 2. The van der Waals surface area contributed by atoms with Crippen LogP contribution in [0.3, 0.4) is 0 Å². The predicted octanol–water partition coefficient (Wildman–Crippen LogP) is 3.70. The molecule has 1 heterocycles. The van der Waals surface area contributed by atoms with Crippen LogP contribution in [0.4, 0.5) is 5.69 Å². The fourth-order valence-electron chi connectivity index (χ4n) is 3.20. The van der Waals surface area contributed by atoms with Gasteiger partial charge in [-0.15, -0.1) is 10.2 Å². The van der Waals surface area contributed by atoms with Crippen LogP contribution in [0.2, 0.25) is 0 Å². The lowest BCUT2D eigenvalue weighted by Crippen LogP contribution is -2.16. The highest BCUT2D eigenvalue weighted by atomic mass is 32.2. The van der Waals surface area contributed by atoms with E-state index in [1.807, 2.05) is 66.9 Å². The number of thioether (sulfide) groups is 1. The second-order valence-corrected chi connectivity index (χ2v) is 7.94. The molecule has 0 radical (unpaired) electrons. The van der Waals surface area contributed by atoms with Crippen LogP contribution in [0.5, 0.6) is 5.75 Å². The lowest BCUT2D eigenvalue weighted by atomic mass is 10.1. The van der Waals surface area contributed by atoms with E-state index in [9.17, 15) is 9.59 Å². The third-order valence-electron chi connectivity index (χ3n) is 4.80. The topological polar surface area (TPSA) is 86.1 Å². The molecule has 0 saturated heterocycles. The number of ketones is 1. The monoisotopic (exact) mass is 438 g/mol. The number of carbonyl (C=O) groups is 2. The average Bonchev–Trinajstić information content (AvgIpc) is 3.15. The first-order chi connectivity index (χ1) is 15.0. The first kappa shape index (κ1) is 22.6. The number of amides is 1. The van der Waals surface area contributed by atoms with Crippen molar-refractivity contribution in [3.05, 3.63) is 65.5 Å². The quantitative estimate of drug-likeness (QED) is 0.486. The molecule has 3 rings (SSSR count). The molecule has 7 nitrogen and oxygen atoms in total. The molecule has 0 saturated carbocycles. The van der Waals surface area contributed by atoms with Gasteiger partial charge in [0.05, 0.1) is 19.3 Å². The molecule has 0 fully saturated rings. The Morgan fingerprint density at radius 2 is 1.81 bits per heavy atom. The Morgan fingerprint density at radius 1 is 1.06 bits per heavy atom. The Hall–Kier alpha value is -3.13. The number of aromatic nitrogens is 3. The number of hydrogen-bond acceptors (Lipinski definition) is 6. The summed E-state index contributed by atoms with van der Waals surface area (Å²) in [6.07, 6.45) is 0.441. The molecule has 2 aromatic carbocycles. The second kappa shape index (κ2) is 10.8. The van der Waals surface area contributed by atoms with E-state index < -0.39 is 0 Å². The zero-order valence-corrected chi connectivity index (χ0v) is 18.7. The van der Waals surface area contributed by atoms with E-state index in [1.54, 1.807) is 7.11 Å². The zero-order chi connectivity index (χ0) is 22.2. The van der Waals surface area contributed by atoms with E-state index >= 15 is 0 Å². The van der Waals surface area contributed by atoms with Crippen LogP contribution in [0.25, 0.3) is 0 Å². The van der Waals surface area contributed by atoms with Gasteiger partial charge in [-0.1, -0.05) is 48.2 Å². The molecule has 0 unspecified atom stereocenters. The summed E-state index contributed by atoms with van der Waals surface area (Å²) >= 11 is 1.31. The molecule has 0 bridgehead atoms. The van der Waals surface area contributed by atoms with Crippen molar-refractivity contribution in [2.24, 2.45) is 0 Å². The molecule has 0 aliphatic heterocycles. The van der Waals surface area contributed by atoms with Crippen molar-refractivity contribution >= 4 is 29.1 Å². The lowest BCUT2D eigenvalue weighted by Gasteiger charge is -2.09. The number of nitrogens with zero attached hydrogens (tertiary/aromatic N) is 3. The molecule has 8 heteroatoms. The molecule has 0 atom stereocenters. The van der Waals surface area contributed by atoms with Crippen molar-refractivity contribution in [2.75, 3.05) is 18.2 Å². The lowest BCUT2D eigenvalue weighted by molar-refractivity contribution is -0.118. The predicted molar refractivity (Wildman–Crippen MR) is 122 cm³/mol. The molecule has 1 amide bonds. The second-order valence-electron chi connectivity index (χ2n) is 7.00. The number of aryl methyl sites for hydroxylation is 1. The Bertz CT molecular complexity index is 1060. The average molecular weight is 439 g/mol. The molecule has 1 N–H and O–H groups in total. The summed E-state index contributed by atoms with van der Waals surface area (Å²) in [5, 5.41) is 11.9. The van der Waals surface area contributed by atoms with Gasteiger partial charge in [0.15, 0.2) is 5.16 Å². The molecule has 31 heavy (non-hydrogen) atoms. The number of benzene rings is 2. The van der Waals surface area contributed by atoms with Crippen LogP contribution in [0.1, 0.15) is 23.9 Å². The first-order valence-corrected chi connectivity index (χ1v) is 11.0. The standard InChI is InChI=1S/C23H26N4O3S/c1-4-27-21(14-18(28)13-17-10-6-8-12-20(17)30-3)25-26-23(27)31-15-22(29)24-19-11-7-5-9-16(19)2/h5-12H,4,13-15H2,1-3H3,(H,24,29). The molecule has 0 aliphatic rings. The molecule has 0 aliphatic carbocycles. The van der Waals surface area contributed by atoms with Gasteiger partial charge in [-0.3, -0.25) is 9.59 Å². The van der Waals surface area contributed by atoms with Gasteiger partial charge in [0.1, 0.15) is 17.4 Å². The minimum atomic E-state index is -0.112. The van der Waals surface area contributed by atoms with E-state index in [0.29, 0.717) is 23.3 Å². The van der Waals surface area contributed by atoms with E-state index in [4.69, 9.17) is 4.74 Å². The molecular formula is C23H26N4O3S. The van der Waals surface area contributed by atoms with Crippen LogP contribution in [-0.4, -0.2) is 39.3 Å². The third kappa shape index (κ3) is 5.95. The van der Waals surface area contributed by atoms with Crippen molar-refractivity contribution in [3.8, 4) is 5.75 Å². The first-order valence-electron chi connectivity index (χ1n) is 10.1. The van der Waals surface area contributed by atoms with E-state index in [0.717, 1.165) is 16.8 Å². The van der Waals surface area contributed by atoms with Crippen molar-refractivity contribution in [1.29, 1.82) is 0 Å². The van der Waals surface area contributed by atoms with Crippen molar-refractivity contribution in [3.63, 3.8) is 0 Å². The Balaban J connectivity index is 1.60. The number of rotatable bonds is 10. The van der Waals surface area contributed by atoms with Crippen LogP contribution < -0.4 is 10.1 Å². The van der Waals surface area contributed by atoms with Crippen LogP contribution in [-0.2, 0) is 29.0 Å². The van der Waals surface area contributed by atoms with E-state index in [2.05, 4.69) is 15.5 Å². The maximum Gasteiger partial charge on any atom is 0.234 e. The molecule has 0 spiro atoms. The number of nitrogens with one attached hydrogen (secondary N) is 1. The number of ether oxygens (including phenoxy) is 1. The smallest absolute Gasteiger partial charge is 0.234 e. The summed E-state index contributed by atoms with van der Waals surface area (Å²) in [5.41, 5.74) is 2.65. The maximum atomic E-state index is 12.6. The molecule has 1 aromatic heterocycles. The van der Waals surface area contributed by atoms with Crippen molar-refractivity contribution in [2.45, 2.75) is 38.4 Å². The molecule has 162 valence electrons. The van der Waals surface area contributed by atoms with Crippen LogP contribution in [0, 0.1) is 6.92 Å². The largest absolute Gasteiger partial charge is 0.496 e. The summed E-state index contributed by atoms with van der Waals surface area (Å²) in [6.45, 7) is 4.53. The van der Waals surface area contributed by atoms with E-state index in [1.165, 1.54) is 11.8 Å². The number of anilines is 1. The molecule has 3 aromatic rings. The summed E-state index contributed by atoms with van der Waals surface area (Å²) in [6, 6.07) is 15.1. The summed E-state index contributed by atoms with van der Waals surface area (Å²) in [5.74, 6) is 1.42. The van der Waals surface area contributed by atoms with Crippen LogP contribution in [0.15, 0.2) is 53.7 Å². The minimum absolute atomic E-state index is 0.0282. The van der Waals surface area contributed by atoms with Crippen molar-refractivity contribution in [1.82, 2.24) is 14.8 Å². The summed E-state index contributed by atoms with van der Waals surface area (Å²) < 4.78 is 7.20. The number of methoxy groups -OCH3 is 1. The van der Waals surface area contributed by atoms with Gasteiger partial charge in [-0.25, -0.2) is 0 Å². The Labute approximate surface area is 186 Å². The summed E-state index contributed by atoms with van der Waals surface area (Å²) in [4.78, 5) is 25.0. The number of carbonyl (C=O) groups excluding carboxylic acids is 2. The highest BCUT2D eigenvalue weighted by molar-refractivity contribution is 7.99. The van der Waals surface area contributed by atoms with Gasteiger partial charge < -0.3 is 14.6 Å². The highest BCUT2D eigenvalue weighted by Crippen LogP contribution is 2.21. The summed E-state index contributed by atoms with van der Waals surface area (Å²) in [7, 11) is 1.59. The number of hydrogen-bond donors (Lipinski definition) is 1. The van der Waals surface area contributed by atoms with E-state index in [-0.39, 0.29) is 30.3 Å². The van der Waals surface area contributed by atoms with Gasteiger partial charge in [0.25, 0.3) is 0 Å². The SMILES string of the molecule is CCn1c(CC(=O)Cc2ccccc2OC)nnc1SCC(=O)Nc1ccccc1C. The number of Topliss-reactive ketones (excluding diaryl/α,β-unsaturated/α-hetero) is 1. The van der Waals surface area contributed by atoms with Gasteiger partial charge in [-0.05, 0) is 31.5 Å². The minimum Gasteiger partial charge on any atom is -0.496 e. The van der Waals surface area contributed by atoms with Gasteiger partial charge in [0.2, 0.25) is 5.91 Å². The fraction of sp³-hybridized carbons (Fsp3) is 0.304.